The Morgan fingerprint density at radius 1 is 1.35 bits per heavy atom. The van der Waals surface area contributed by atoms with E-state index in [9.17, 15) is 14.4 Å². The van der Waals surface area contributed by atoms with Crippen LogP contribution in [0.5, 0.6) is 0 Å². The van der Waals surface area contributed by atoms with Gasteiger partial charge >= 0.3 is 0 Å². The van der Waals surface area contributed by atoms with Gasteiger partial charge in [0.25, 0.3) is 5.91 Å². The first-order valence-corrected chi connectivity index (χ1v) is 6.23. The summed E-state index contributed by atoms with van der Waals surface area (Å²) in [4.78, 5) is 36.5. The van der Waals surface area contributed by atoms with Gasteiger partial charge in [-0.3, -0.25) is 14.4 Å². The zero-order chi connectivity index (χ0) is 13.2. The number of hydrogen-bond donors (Lipinski definition) is 0. The van der Waals surface area contributed by atoms with Gasteiger partial charge in [0.05, 0.1) is 0 Å². The second-order valence-corrected chi connectivity index (χ2v) is 5.40. The molecule has 0 radical (unpaired) electrons. The van der Waals surface area contributed by atoms with E-state index in [1.807, 2.05) is 6.92 Å². The monoisotopic (exact) mass is 259 g/mol. The number of carbonyl (C=O) groups is 3. The number of halogens is 1. The van der Waals surface area contributed by atoms with Crippen LogP contribution >= 0.6 is 11.6 Å². The quantitative estimate of drug-likeness (QED) is 0.571. The topological polar surface area (TPSA) is 54.5 Å². The molecular weight excluding hydrogens is 242 g/mol. The standard InChI is InChI=1S/C12H18ClNO3/c1-4-12(2,3)9(15)11(17)14-7-5-6-8(14)10(13)16/h8H,4-7H2,1-3H3/t8-/m0/s1. The predicted octanol–water partition coefficient (Wildman–Crippen LogP) is 1.75. The summed E-state index contributed by atoms with van der Waals surface area (Å²) in [5.74, 6) is -1.02. The highest BCUT2D eigenvalue weighted by atomic mass is 35.5. The van der Waals surface area contributed by atoms with Crippen LogP contribution in [0.15, 0.2) is 0 Å². The highest BCUT2D eigenvalue weighted by Gasteiger charge is 2.40. The minimum Gasteiger partial charge on any atom is -0.325 e. The number of amides is 1. The van der Waals surface area contributed by atoms with Crippen molar-refractivity contribution >= 4 is 28.5 Å². The fraction of sp³-hybridized carbons (Fsp3) is 0.750. The molecule has 0 aliphatic carbocycles. The van der Waals surface area contributed by atoms with Crippen LogP contribution in [0.25, 0.3) is 0 Å². The molecule has 1 amide bonds. The lowest BCUT2D eigenvalue weighted by Gasteiger charge is -2.26. The fourth-order valence-corrected chi connectivity index (χ4v) is 2.05. The molecular formula is C12H18ClNO3. The van der Waals surface area contributed by atoms with Crippen LogP contribution in [-0.4, -0.2) is 34.4 Å². The number of ketones is 1. The minimum atomic E-state index is -0.681. The van der Waals surface area contributed by atoms with Gasteiger partial charge in [0.15, 0.2) is 0 Å². The molecule has 0 spiro atoms. The van der Waals surface area contributed by atoms with Crippen LogP contribution in [0.1, 0.15) is 40.0 Å². The summed E-state index contributed by atoms with van der Waals surface area (Å²) >= 11 is 5.43. The van der Waals surface area contributed by atoms with Gasteiger partial charge in [-0.15, -0.1) is 0 Å². The Kier molecular flexibility index (Phi) is 4.31. The van der Waals surface area contributed by atoms with E-state index >= 15 is 0 Å². The SMILES string of the molecule is CCC(C)(C)C(=O)C(=O)N1CCC[C@H]1C(=O)Cl. The lowest BCUT2D eigenvalue weighted by molar-refractivity contribution is -0.150. The lowest BCUT2D eigenvalue weighted by Crippen LogP contribution is -2.46. The zero-order valence-corrected chi connectivity index (χ0v) is 11.2. The Hall–Kier alpha value is -0.900. The Morgan fingerprint density at radius 2 is 1.94 bits per heavy atom. The van der Waals surface area contributed by atoms with Crippen molar-refractivity contribution in [1.82, 2.24) is 4.90 Å². The number of nitrogens with zero attached hydrogens (tertiary/aromatic N) is 1. The maximum absolute atomic E-state index is 12.0. The molecule has 96 valence electrons. The first-order chi connectivity index (χ1) is 7.81. The van der Waals surface area contributed by atoms with Crippen molar-refractivity contribution in [2.75, 3.05) is 6.54 Å². The summed E-state index contributed by atoms with van der Waals surface area (Å²) in [5, 5.41) is -0.557. The molecule has 1 heterocycles. The maximum atomic E-state index is 12.0. The van der Waals surface area contributed by atoms with Crippen LogP contribution in [0.4, 0.5) is 0 Å². The second-order valence-electron chi connectivity index (χ2n) is 5.03. The van der Waals surface area contributed by atoms with Crippen LogP contribution in [0, 0.1) is 5.41 Å². The molecule has 0 saturated carbocycles. The van der Waals surface area contributed by atoms with Crippen molar-refractivity contribution in [3.05, 3.63) is 0 Å². The molecule has 1 saturated heterocycles. The van der Waals surface area contributed by atoms with Crippen LogP contribution < -0.4 is 0 Å². The molecule has 1 aliphatic rings. The van der Waals surface area contributed by atoms with Crippen molar-refractivity contribution in [2.24, 2.45) is 5.41 Å². The molecule has 0 bridgehead atoms. The number of carbonyl (C=O) groups excluding carboxylic acids is 3. The molecule has 0 aromatic heterocycles. The molecule has 1 rings (SSSR count). The summed E-state index contributed by atoms with van der Waals surface area (Å²) < 4.78 is 0. The Labute approximate surface area is 106 Å². The molecule has 0 unspecified atom stereocenters. The van der Waals surface area contributed by atoms with Gasteiger partial charge in [-0.25, -0.2) is 0 Å². The molecule has 1 atom stereocenters. The molecule has 0 aromatic rings. The van der Waals surface area contributed by atoms with E-state index in [2.05, 4.69) is 0 Å². The summed E-state index contributed by atoms with van der Waals surface area (Å²) in [6, 6.07) is -0.624. The molecule has 17 heavy (non-hydrogen) atoms. The number of hydrogen-bond acceptors (Lipinski definition) is 3. The first kappa shape index (κ1) is 14.2. The number of Topliss-reactive ketones (excluding diaryl/α,β-unsaturated/α-hetero) is 1. The summed E-state index contributed by atoms with van der Waals surface area (Å²) in [6.45, 7) is 5.77. The number of rotatable bonds is 4. The first-order valence-electron chi connectivity index (χ1n) is 5.86. The third-order valence-electron chi connectivity index (χ3n) is 3.47. The molecule has 4 nitrogen and oxygen atoms in total. The number of likely N-dealkylation sites (tertiary alicyclic amines) is 1. The van der Waals surface area contributed by atoms with E-state index in [4.69, 9.17) is 11.6 Å². The Morgan fingerprint density at radius 3 is 2.41 bits per heavy atom. The average molecular weight is 260 g/mol. The van der Waals surface area contributed by atoms with Crippen LogP contribution in [0.3, 0.4) is 0 Å². The van der Waals surface area contributed by atoms with E-state index in [0.29, 0.717) is 25.8 Å². The van der Waals surface area contributed by atoms with Crippen molar-refractivity contribution in [2.45, 2.75) is 46.1 Å². The normalized spacial score (nSPS) is 20.5. The summed E-state index contributed by atoms with van der Waals surface area (Å²) in [6.07, 6.45) is 1.85. The summed E-state index contributed by atoms with van der Waals surface area (Å²) in [5.41, 5.74) is -0.681. The van der Waals surface area contributed by atoms with Crippen LogP contribution in [-0.2, 0) is 14.4 Å². The highest BCUT2D eigenvalue weighted by Crippen LogP contribution is 2.26. The van der Waals surface area contributed by atoms with Crippen LogP contribution in [0.2, 0.25) is 0 Å². The van der Waals surface area contributed by atoms with E-state index in [1.165, 1.54) is 4.90 Å². The lowest BCUT2D eigenvalue weighted by atomic mass is 9.84. The molecule has 0 aromatic carbocycles. The summed E-state index contributed by atoms with van der Waals surface area (Å²) in [7, 11) is 0. The minimum absolute atomic E-state index is 0.438. The van der Waals surface area contributed by atoms with Gasteiger partial charge in [-0.05, 0) is 30.9 Å². The molecule has 1 aliphatic heterocycles. The Bertz CT molecular complexity index is 352. The zero-order valence-electron chi connectivity index (χ0n) is 10.5. The van der Waals surface area contributed by atoms with Gasteiger partial charge in [-0.2, -0.15) is 0 Å². The van der Waals surface area contributed by atoms with Crippen molar-refractivity contribution in [3.63, 3.8) is 0 Å². The average Bonchev–Trinajstić information content (AvgIpc) is 2.75. The fourth-order valence-electron chi connectivity index (χ4n) is 1.83. The van der Waals surface area contributed by atoms with Gasteiger partial charge in [0.1, 0.15) is 6.04 Å². The van der Waals surface area contributed by atoms with Gasteiger partial charge in [0, 0.05) is 12.0 Å². The predicted molar refractivity (Wildman–Crippen MR) is 64.7 cm³/mol. The molecule has 0 N–H and O–H groups in total. The van der Waals surface area contributed by atoms with Gasteiger partial charge < -0.3 is 4.90 Å². The van der Waals surface area contributed by atoms with E-state index < -0.39 is 28.4 Å². The van der Waals surface area contributed by atoms with Gasteiger partial charge in [0.2, 0.25) is 11.0 Å². The van der Waals surface area contributed by atoms with E-state index in [0.717, 1.165) is 0 Å². The van der Waals surface area contributed by atoms with Crippen molar-refractivity contribution in [1.29, 1.82) is 0 Å². The largest absolute Gasteiger partial charge is 0.325 e. The maximum Gasteiger partial charge on any atom is 0.291 e. The second kappa shape index (κ2) is 5.17. The molecule has 1 fully saturated rings. The van der Waals surface area contributed by atoms with Crippen molar-refractivity contribution < 1.29 is 14.4 Å². The van der Waals surface area contributed by atoms with E-state index in [1.54, 1.807) is 13.8 Å². The van der Waals surface area contributed by atoms with Gasteiger partial charge in [-0.1, -0.05) is 20.8 Å². The Balaban J connectivity index is 2.83. The van der Waals surface area contributed by atoms with E-state index in [-0.39, 0.29) is 0 Å². The third-order valence-corrected chi connectivity index (χ3v) is 3.72. The highest BCUT2D eigenvalue weighted by molar-refractivity contribution is 6.65. The smallest absolute Gasteiger partial charge is 0.291 e. The van der Waals surface area contributed by atoms with Crippen molar-refractivity contribution in [3.8, 4) is 0 Å². The third kappa shape index (κ3) is 2.86. The molecule has 5 heteroatoms.